The molecule has 0 aliphatic rings. The van der Waals surface area contributed by atoms with Crippen LogP contribution in [0.1, 0.15) is 36.1 Å². The molecule has 1 aromatic rings. The quantitative estimate of drug-likeness (QED) is 0.878. The summed E-state index contributed by atoms with van der Waals surface area (Å²) >= 11 is 1.74. The lowest BCUT2D eigenvalue weighted by Crippen LogP contribution is -2.33. The van der Waals surface area contributed by atoms with Crippen LogP contribution < -0.4 is 5.73 Å². The second-order valence-electron chi connectivity index (χ2n) is 4.31. The number of hydrogen-bond donors (Lipinski definition) is 1. The number of carbonyl (C=O) groups excluding carboxylic acids is 1. The van der Waals surface area contributed by atoms with Crippen molar-refractivity contribution in [3.8, 4) is 0 Å². The first kappa shape index (κ1) is 13.2. The van der Waals surface area contributed by atoms with Crippen LogP contribution in [0.2, 0.25) is 0 Å². The van der Waals surface area contributed by atoms with Crippen LogP contribution in [0, 0.1) is 6.92 Å². The summed E-state index contributed by atoms with van der Waals surface area (Å²) in [6, 6.07) is 4.22. The van der Waals surface area contributed by atoms with Crippen molar-refractivity contribution >= 4 is 17.2 Å². The van der Waals surface area contributed by atoms with E-state index in [1.54, 1.807) is 16.2 Å². The average Bonchev–Trinajstić information content (AvgIpc) is 2.61. The predicted octanol–water partition coefficient (Wildman–Crippen LogP) is 2.31. The van der Waals surface area contributed by atoms with Crippen molar-refractivity contribution in [2.24, 2.45) is 5.73 Å². The largest absolute Gasteiger partial charge is 0.338 e. The zero-order valence-electron chi connectivity index (χ0n) is 10.4. The maximum atomic E-state index is 11.8. The summed E-state index contributed by atoms with van der Waals surface area (Å²) in [6.45, 7) is 5.97. The Morgan fingerprint density at radius 3 is 2.56 bits per heavy atom. The van der Waals surface area contributed by atoms with Gasteiger partial charge in [0.25, 0.3) is 0 Å². The molecule has 0 aliphatic heterocycles. The lowest BCUT2D eigenvalue weighted by atomic mass is 10.2. The van der Waals surface area contributed by atoms with Crippen LogP contribution in [0.5, 0.6) is 0 Å². The van der Waals surface area contributed by atoms with Gasteiger partial charge in [0.15, 0.2) is 0 Å². The first-order valence-corrected chi connectivity index (χ1v) is 6.31. The Kier molecular flexibility index (Phi) is 4.50. The molecule has 0 aliphatic carbocycles. The number of rotatable bonds is 4. The normalized spacial score (nSPS) is 14.6. The molecule has 90 valence electrons. The van der Waals surface area contributed by atoms with Gasteiger partial charge in [0.1, 0.15) is 0 Å². The average molecular weight is 240 g/mol. The second-order valence-corrected chi connectivity index (χ2v) is 5.63. The van der Waals surface area contributed by atoms with Gasteiger partial charge in [-0.1, -0.05) is 0 Å². The molecule has 2 atom stereocenters. The standard InChI is InChI=1S/C12H20N2OS/c1-8(13)7-12(15)14(4)10(3)11-6-5-9(2)16-11/h5-6,8,10H,7,13H2,1-4H3. The van der Waals surface area contributed by atoms with E-state index in [1.807, 2.05) is 20.9 Å². The van der Waals surface area contributed by atoms with Gasteiger partial charge in [-0.2, -0.15) is 0 Å². The Bertz CT molecular complexity index is 360. The van der Waals surface area contributed by atoms with Crippen molar-refractivity contribution in [2.75, 3.05) is 7.05 Å². The van der Waals surface area contributed by atoms with Gasteiger partial charge in [0.2, 0.25) is 5.91 Å². The highest BCUT2D eigenvalue weighted by atomic mass is 32.1. The maximum Gasteiger partial charge on any atom is 0.224 e. The van der Waals surface area contributed by atoms with Gasteiger partial charge < -0.3 is 10.6 Å². The van der Waals surface area contributed by atoms with E-state index in [-0.39, 0.29) is 18.0 Å². The Morgan fingerprint density at radius 2 is 2.12 bits per heavy atom. The van der Waals surface area contributed by atoms with E-state index in [4.69, 9.17) is 5.73 Å². The molecule has 4 heteroatoms. The predicted molar refractivity (Wildman–Crippen MR) is 68.5 cm³/mol. The molecular weight excluding hydrogens is 220 g/mol. The summed E-state index contributed by atoms with van der Waals surface area (Å²) in [5.74, 6) is 0.105. The Hall–Kier alpha value is -0.870. The zero-order chi connectivity index (χ0) is 12.3. The molecule has 2 N–H and O–H groups in total. The number of nitrogens with two attached hydrogens (primary N) is 1. The van der Waals surface area contributed by atoms with E-state index < -0.39 is 0 Å². The van der Waals surface area contributed by atoms with Crippen molar-refractivity contribution in [1.82, 2.24) is 4.90 Å². The fourth-order valence-corrected chi connectivity index (χ4v) is 2.48. The van der Waals surface area contributed by atoms with Gasteiger partial charge in [0.05, 0.1) is 6.04 Å². The number of hydrogen-bond acceptors (Lipinski definition) is 3. The van der Waals surface area contributed by atoms with E-state index in [0.717, 1.165) is 0 Å². The summed E-state index contributed by atoms with van der Waals surface area (Å²) in [4.78, 5) is 16.1. The molecule has 0 radical (unpaired) electrons. The van der Waals surface area contributed by atoms with Gasteiger partial charge in [0, 0.05) is 29.3 Å². The van der Waals surface area contributed by atoms with E-state index in [9.17, 15) is 4.79 Å². The second kappa shape index (κ2) is 5.46. The van der Waals surface area contributed by atoms with Crippen LogP contribution in [0.3, 0.4) is 0 Å². The van der Waals surface area contributed by atoms with Crippen LogP contribution in [-0.4, -0.2) is 23.9 Å². The molecule has 16 heavy (non-hydrogen) atoms. The molecule has 1 amide bonds. The molecule has 0 spiro atoms. The summed E-state index contributed by atoms with van der Waals surface area (Å²) in [5, 5.41) is 0. The fourth-order valence-electron chi connectivity index (χ4n) is 1.50. The fraction of sp³-hybridized carbons (Fsp3) is 0.583. The first-order valence-electron chi connectivity index (χ1n) is 5.49. The highest BCUT2D eigenvalue weighted by Gasteiger charge is 2.19. The maximum absolute atomic E-state index is 11.8. The van der Waals surface area contributed by atoms with Crippen LogP contribution in [0.25, 0.3) is 0 Å². The lowest BCUT2D eigenvalue weighted by molar-refractivity contribution is -0.132. The van der Waals surface area contributed by atoms with Crippen molar-refractivity contribution in [3.63, 3.8) is 0 Å². The van der Waals surface area contributed by atoms with Crippen LogP contribution in [0.4, 0.5) is 0 Å². The molecule has 0 saturated heterocycles. The molecule has 1 rings (SSSR count). The number of nitrogens with zero attached hydrogens (tertiary/aromatic N) is 1. The molecule has 3 nitrogen and oxygen atoms in total. The smallest absolute Gasteiger partial charge is 0.224 e. The van der Waals surface area contributed by atoms with Crippen molar-refractivity contribution in [1.29, 1.82) is 0 Å². The third-order valence-corrected chi connectivity index (χ3v) is 3.81. The third kappa shape index (κ3) is 3.32. The molecule has 0 bridgehead atoms. The number of thiophene rings is 1. The van der Waals surface area contributed by atoms with Gasteiger partial charge in [-0.3, -0.25) is 4.79 Å². The molecule has 1 heterocycles. The highest BCUT2D eigenvalue weighted by Crippen LogP contribution is 2.26. The minimum Gasteiger partial charge on any atom is -0.338 e. The minimum absolute atomic E-state index is 0.0766. The molecule has 1 aromatic heterocycles. The highest BCUT2D eigenvalue weighted by molar-refractivity contribution is 7.12. The SMILES string of the molecule is Cc1ccc(C(C)N(C)C(=O)CC(C)N)s1. The number of carbonyl (C=O) groups is 1. The van der Waals surface area contributed by atoms with E-state index >= 15 is 0 Å². The van der Waals surface area contributed by atoms with E-state index in [1.165, 1.54) is 9.75 Å². The number of aryl methyl sites for hydroxylation is 1. The van der Waals surface area contributed by atoms with Gasteiger partial charge in [-0.25, -0.2) is 0 Å². The lowest BCUT2D eigenvalue weighted by Gasteiger charge is -2.24. The van der Waals surface area contributed by atoms with Crippen LogP contribution >= 0.6 is 11.3 Å². The molecule has 0 saturated carbocycles. The Balaban J connectivity index is 2.66. The van der Waals surface area contributed by atoms with Crippen molar-refractivity contribution < 1.29 is 4.79 Å². The zero-order valence-corrected chi connectivity index (χ0v) is 11.2. The number of amides is 1. The Labute approximate surface area is 101 Å². The molecule has 0 fully saturated rings. The summed E-state index contributed by atoms with van der Waals surface area (Å²) in [7, 11) is 1.84. The van der Waals surface area contributed by atoms with Crippen LogP contribution in [0.15, 0.2) is 12.1 Å². The van der Waals surface area contributed by atoms with E-state index in [0.29, 0.717) is 6.42 Å². The van der Waals surface area contributed by atoms with Gasteiger partial charge in [-0.15, -0.1) is 11.3 Å². The third-order valence-electron chi connectivity index (χ3n) is 2.64. The molecule has 0 aromatic carbocycles. The summed E-state index contributed by atoms with van der Waals surface area (Å²) < 4.78 is 0. The molecule has 2 unspecified atom stereocenters. The van der Waals surface area contributed by atoms with Crippen molar-refractivity contribution in [2.45, 2.75) is 39.3 Å². The topological polar surface area (TPSA) is 46.3 Å². The summed E-state index contributed by atoms with van der Waals surface area (Å²) in [6.07, 6.45) is 0.408. The Morgan fingerprint density at radius 1 is 1.50 bits per heavy atom. The van der Waals surface area contributed by atoms with E-state index in [2.05, 4.69) is 19.1 Å². The van der Waals surface area contributed by atoms with Gasteiger partial charge >= 0.3 is 0 Å². The first-order chi connectivity index (χ1) is 7.41. The van der Waals surface area contributed by atoms with Crippen LogP contribution in [-0.2, 0) is 4.79 Å². The van der Waals surface area contributed by atoms with Gasteiger partial charge in [-0.05, 0) is 32.9 Å². The molecular formula is C12H20N2OS. The van der Waals surface area contributed by atoms with Crippen molar-refractivity contribution in [3.05, 3.63) is 21.9 Å². The minimum atomic E-state index is -0.0766. The monoisotopic (exact) mass is 240 g/mol. The summed E-state index contributed by atoms with van der Waals surface area (Å²) in [5.41, 5.74) is 5.63.